The summed E-state index contributed by atoms with van der Waals surface area (Å²) >= 11 is 0. The van der Waals surface area contributed by atoms with E-state index < -0.39 is 0 Å². The predicted octanol–water partition coefficient (Wildman–Crippen LogP) is 2.51. The molecular weight excluding hydrogens is 226 g/mol. The maximum Gasteiger partial charge on any atom is 0.166 e. The van der Waals surface area contributed by atoms with E-state index in [-0.39, 0.29) is 5.78 Å². The summed E-state index contributed by atoms with van der Waals surface area (Å²) in [6.45, 7) is 3.71. The Hall–Kier alpha value is -1.35. The van der Waals surface area contributed by atoms with Gasteiger partial charge in [0.15, 0.2) is 5.78 Å². The number of carbonyl (C=O) groups is 1. The van der Waals surface area contributed by atoms with Gasteiger partial charge in [-0.1, -0.05) is 12.1 Å². The molecule has 1 saturated heterocycles. The molecule has 0 radical (unpaired) electrons. The van der Waals surface area contributed by atoms with Crippen molar-refractivity contribution in [3.05, 3.63) is 29.8 Å². The molecule has 2 aliphatic rings. The fourth-order valence-electron chi connectivity index (χ4n) is 2.91. The number of para-hydroxylation sites is 1. The second-order valence-electron chi connectivity index (χ2n) is 5.19. The first-order valence-corrected chi connectivity index (χ1v) is 6.79. The van der Waals surface area contributed by atoms with Gasteiger partial charge in [0, 0.05) is 44.0 Å². The van der Waals surface area contributed by atoms with Crippen molar-refractivity contribution >= 4 is 11.5 Å². The third-order valence-corrected chi connectivity index (χ3v) is 3.97. The van der Waals surface area contributed by atoms with Crippen LogP contribution in [0.25, 0.3) is 0 Å². The smallest absolute Gasteiger partial charge is 0.166 e. The number of hydrogen-bond acceptors (Lipinski definition) is 3. The van der Waals surface area contributed by atoms with Crippen LogP contribution in [-0.2, 0) is 4.74 Å². The fraction of sp³-hybridized carbons (Fsp3) is 0.533. The molecule has 3 rings (SSSR count). The zero-order valence-electron chi connectivity index (χ0n) is 10.6. The predicted molar refractivity (Wildman–Crippen MR) is 71.1 cm³/mol. The van der Waals surface area contributed by atoms with Crippen LogP contribution in [0.1, 0.15) is 29.6 Å². The van der Waals surface area contributed by atoms with Crippen molar-refractivity contribution in [2.75, 3.05) is 31.2 Å². The number of benzene rings is 1. The maximum absolute atomic E-state index is 11.9. The first-order chi connectivity index (χ1) is 8.84. The van der Waals surface area contributed by atoms with Gasteiger partial charge < -0.3 is 9.64 Å². The number of rotatable bonds is 2. The van der Waals surface area contributed by atoms with E-state index in [1.807, 2.05) is 18.2 Å². The van der Waals surface area contributed by atoms with Gasteiger partial charge in [0.1, 0.15) is 0 Å². The van der Waals surface area contributed by atoms with Crippen LogP contribution in [0.4, 0.5) is 5.69 Å². The molecule has 1 aromatic rings. The zero-order chi connectivity index (χ0) is 12.4. The molecule has 1 aromatic carbocycles. The molecule has 2 heterocycles. The van der Waals surface area contributed by atoms with Gasteiger partial charge in [0.2, 0.25) is 0 Å². The average molecular weight is 245 g/mol. The molecular formula is C15H19NO2. The van der Waals surface area contributed by atoms with Crippen molar-refractivity contribution in [3.8, 4) is 0 Å². The number of anilines is 1. The van der Waals surface area contributed by atoms with Crippen molar-refractivity contribution in [1.82, 2.24) is 0 Å². The van der Waals surface area contributed by atoms with Gasteiger partial charge in [-0.2, -0.15) is 0 Å². The van der Waals surface area contributed by atoms with Crippen LogP contribution < -0.4 is 4.90 Å². The Kier molecular flexibility index (Phi) is 3.33. The summed E-state index contributed by atoms with van der Waals surface area (Å²) in [7, 11) is 0. The van der Waals surface area contributed by atoms with Gasteiger partial charge in [0.05, 0.1) is 0 Å². The minimum atomic E-state index is 0.286. The van der Waals surface area contributed by atoms with Crippen LogP contribution in [0, 0.1) is 5.92 Å². The zero-order valence-corrected chi connectivity index (χ0v) is 10.6. The lowest BCUT2D eigenvalue weighted by Gasteiger charge is -2.34. The molecule has 0 N–H and O–H groups in total. The van der Waals surface area contributed by atoms with E-state index in [1.54, 1.807) is 0 Å². The van der Waals surface area contributed by atoms with E-state index in [1.165, 1.54) is 0 Å². The summed E-state index contributed by atoms with van der Waals surface area (Å²) in [6, 6.07) is 8.00. The Balaban J connectivity index is 1.77. The first-order valence-electron chi connectivity index (χ1n) is 6.79. The van der Waals surface area contributed by atoms with Crippen molar-refractivity contribution in [2.45, 2.75) is 19.3 Å². The summed E-state index contributed by atoms with van der Waals surface area (Å²) in [4.78, 5) is 14.3. The van der Waals surface area contributed by atoms with Crippen LogP contribution in [0.15, 0.2) is 24.3 Å². The number of hydrogen-bond donors (Lipinski definition) is 0. The molecule has 3 heteroatoms. The number of ketones is 1. The molecule has 0 saturated carbocycles. The third kappa shape index (κ3) is 2.27. The molecule has 96 valence electrons. The van der Waals surface area contributed by atoms with Gasteiger partial charge in [0.25, 0.3) is 0 Å². The lowest BCUT2D eigenvalue weighted by Crippen LogP contribution is -2.37. The SMILES string of the molecule is O=C1CCN(CC2CCOCC2)c2ccccc21. The largest absolute Gasteiger partial charge is 0.381 e. The summed E-state index contributed by atoms with van der Waals surface area (Å²) in [5, 5.41) is 0. The highest BCUT2D eigenvalue weighted by atomic mass is 16.5. The molecule has 0 bridgehead atoms. The highest BCUT2D eigenvalue weighted by Crippen LogP contribution is 2.28. The number of carbonyl (C=O) groups excluding carboxylic acids is 1. The summed E-state index contributed by atoms with van der Waals surface area (Å²) in [5.74, 6) is 0.994. The Morgan fingerprint density at radius 3 is 2.83 bits per heavy atom. The second kappa shape index (κ2) is 5.11. The number of nitrogens with zero attached hydrogens (tertiary/aromatic N) is 1. The van der Waals surface area contributed by atoms with Crippen molar-refractivity contribution < 1.29 is 9.53 Å². The van der Waals surface area contributed by atoms with E-state index in [9.17, 15) is 4.79 Å². The van der Waals surface area contributed by atoms with Crippen LogP contribution >= 0.6 is 0 Å². The Morgan fingerprint density at radius 1 is 1.22 bits per heavy atom. The lowest BCUT2D eigenvalue weighted by atomic mass is 9.95. The van der Waals surface area contributed by atoms with Crippen molar-refractivity contribution in [1.29, 1.82) is 0 Å². The number of Topliss-reactive ketones (excluding diaryl/α,β-unsaturated/α-hetero) is 1. The molecule has 0 spiro atoms. The minimum absolute atomic E-state index is 0.286. The van der Waals surface area contributed by atoms with E-state index >= 15 is 0 Å². The number of fused-ring (bicyclic) bond motifs is 1. The summed E-state index contributed by atoms with van der Waals surface area (Å²) in [5.41, 5.74) is 2.02. The van der Waals surface area contributed by atoms with Gasteiger partial charge in [-0.15, -0.1) is 0 Å². The van der Waals surface area contributed by atoms with Crippen molar-refractivity contribution in [3.63, 3.8) is 0 Å². The lowest BCUT2D eigenvalue weighted by molar-refractivity contribution is 0.0679. The van der Waals surface area contributed by atoms with E-state index in [0.717, 1.165) is 50.4 Å². The standard InChI is InChI=1S/C15H19NO2/c17-15-5-8-16(11-12-6-9-18-10-7-12)14-4-2-1-3-13(14)15/h1-4,12H,5-11H2. The van der Waals surface area contributed by atoms with Crippen LogP contribution in [0.5, 0.6) is 0 Å². The van der Waals surface area contributed by atoms with E-state index in [0.29, 0.717) is 12.3 Å². The van der Waals surface area contributed by atoms with Crippen LogP contribution in [0.2, 0.25) is 0 Å². The molecule has 0 unspecified atom stereocenters. The Bertz CT molecular complexity index is 438. The van der Waals surface area contributed by atoms with Gasteiger partial charge in [-0.3, -0.25) is 4.79 Å². The Morgan fingerprint density at radius 2 is 2.00 bits per heavy atom. The molecule has 0 aromatic heterocycles. The number of ether oxygens (including phenoxy) is 1. The molecule has 18 heavy (non-hydrogen) atoms. The van der Waals surface area contributed by atoms with Gasteiger partial charge in [-0.25, -0.2) is 0 Å². The second-order valence-corrected chi connectivity index (χ2v) is 5.19. The van der Waals surface area contributed by atoms with Gasteiger partial charge >= 0.3 is 0 Å². The molecule has 0 aliphatic carbocycles. The maximum atomic E-state index is 11.9. The fourth-order valence-corrected chi connectivity index (χ4v) is 2.91. The normalized spacial score (nSPS) is 20.9. The molecule has 0 amide bonds. The molecule has 3 nitrogen and oxygen atoms in total. The van der Waals surface area contributed by atoms with E-state index in [4.69, 9.17) is 4.74 Å². The average Bonchev–Trinajstić information content (AvgIpc) is 2.44. The topological polar surface area (TPSA) is 29.5 Å². The Labute approximate surface area is 108 Å². The van der Waals surface area contributed by atoms with Crippen LogP contribution in [0.3, 0.4) is 0 Å². The summed E-state index contributed by atoms with van der Waals surface area (Å²) < 4.78 is 5.40. The third-order valence-electron chi connectivity index (χ3n) is 3.97. The first kappa shape index (κ1) is 11.7. The summed E-state index contributed by atoms with van der Waals surface area (Å²) in [6.07, 6.45) is 2.94. The molecule has 0 atom stereocenters. The highest BCUT2D eigenvalue weighted by molar-refractivity contribution is 6.03. The molecule has 2 aliphatic heterocycles. The van der Waals surface area contributed by atoms with Gasteiger partial charge in [-0.05, 0) is 30.9 Å². The minimum Gasteiger partial charge on any atom is -0.381 e. The monoisotopic (exact) mass is 245 g/mol. The van der Waals surface area contributed by atoms with E-state index in [2.05, 4.69) is 11.0 Å². The quantitative estimate of drug-likeness (QED) is 0.801. The van der Waals surface area contributed by atoms with Crippen LogP contribution in [-0.4, -0.2) is 32.1 Å². The highest BCUT2D eigenvalue weighted by Gasteiger charge is 2.25. The molecule has 1 fully saturated rings. The van der Waals surface area contributed by atoms with Crippen molar-refractivity contribution in [2.24, 2.45) is 5.92 Å².